The second kappa shape index (κ2) is 10.7. The summed E-state index contributed by atoms with van der Waals surface area (Å²) >= 11 is 9.42. The van der Waals surface area contributed by atoms with Crippen molar-refractivity contribution in [1.29, 1.82) is 0 Å². The Kier molecular flexibility index (Phi) is 7.11. The fraction of sp³-hybridized carbons (Fsp3) is 0.524. The van der Waals surface area contributed by atoms with Gasteiger partial charge in [-0.3, -0.25) is 32.5 Å². The van der Waals surface area contributed by atoms with Crippen LogP contribution in [0.4, 0.5) is 16.2 Å². The number of ether oxygens (including phenoxy) is 3. The van der Waals surface area contributed by atoms with E-state index in [2.05, 4.69) is 42.2 Å². The second-order valence-electron chi connectivity index (χ2n) is 10.8. The number of nitrogens with two attached hydrogens (primary N) is 2. The summed E-state index contributed by atoms with van der Waals surface area (Å²) in [5.74, 6) is -0.105. The van der Waals surface area contributed by atoms with Crippen LogP contribution >= 0.6 is 25.8 Å². The summed E-state index contributed by atoms with van der Waals surface area (Å²) in [5.41, 5.74) is 9.88. The smallest absolute Gasteiger partial charge is 0.382 e. The van der Waals surface area contributed by atoms with Crippen molar-refractivity contribution in [2.75, 3.05) is 31.3 Å². The number of H-pyrrole nitrogens is 1. The Bertz CT molecular complexity index is 2040. The van der Waals surface area contributed by atoms with Gasteiger partial charge in [-0.25, -0.2) is 28.9 Å². The zero-order valence-corrected chi connectivity index (χ0v) is 26.4. The Labute approximate surface area is 265 Å². The zero-order chi connectivity index (χ0) is 32.2. The Morgan fingerprint density at radius 3 is 2.63 bits per heavy atom. The van der Waals surface area contributed by atoms with E-state index >= 15 is 4.39 Å². The number of aromatic amines is 1. The number of aromatic nitrogens is 8. The van der Waals surface area contributed by atoms with Gasteiger partial charge < -0.3 is 35.1 Å². The van der Waals surface area contributed by atoms with Gasteiger partial charge in [0.2, 0.25) is 5.95 Å². The molecule has 4 bridgehead atoms. The SMILES string of the molecule is Nc1nc2c(ncn2[C@@H]2O[C@@H]3COP(O)(=S)O[C@H]4[C@H]5OCC4(COP(=O)(S)O[C@@H]2[C@@H]3F)O[C@H]5n2cnc3c(N)ncnc32)c(=O)[nH]1. The largest absolute Gasteiger partial charge is 0.386 e. The third-order valence-electron chi connectivity index (χ3n) is 8.00. The van der Waals surface area contributed by atoms with Gasteiger partial charge in [0.05, 0.1) is 32.5 Å². The average Bonchev–Trinajstić information content (AvgIpc) is 3.80. The molecule has 0 aromatic carbocycles. The molecule has 0 aliphatic carbocycles. The van der Waals surface area contributed by atoms with E-state index in [4.69, 9.17) is 55.6 Å². The Morgan fingerprint density at radius 2 is 1.83 bits per heavy atom. The Balaban J connectivity index is 1.14. The minimum Gasteiger partial charge on any atom is -0.382 e. The first-order valence-corrected chi connectivity index (χ1v) is 18.7. The van der Waals surface area contributed by atoms with E-state index in [0.717, 1.165) is 6.33 Å². The molecule has 3 unspecified atom stereocenters. The van der Waals surface area contributed by atoms with Crippen molar-refractivity contribution >= 4 is 71.7 Å². The van der Waals surface area contributed by atoms with Crippen molar-refractivity contribution < 1.29 is 46.2 Å². The van der Waals surface area contributed by atoms with Gasteiger partial charge in [-0.2, -0.15) is 4.98 Å². The number of imidazole rings is 2. The predicted molar refractivity (Wildman–Crippen MR) is 158 cm³/mol. The van der Waals surface area contributed by atoms with Crippen LogP contribution in [0.5, 0.6) is 0 Å². The van der Waals surface area contributed by atoms with Gasteiger partial charge in [-0.05, 0) is 11.8 Å². The molecule has 0 spiro atoms. The van der Waals surface area contributed by atoms with Crippen molar-refractivity contribution in [3.63, 3.8) is 0 Å². The maximum atomic E-state index is 16.0. The van der Waals surface area contributed by atoms with Gasteiger partial charge in [0, 0.05) is 0 Å². The van der Waals surface area contributed by atoms with Gasteiger partial charge in [0.1, 0.15) is 41.9 Å². The number of alkyl halides is 1. The number of nitrogens with one attached hydrogen (secondary N) is 1. The molecule has 4 aromatic heterocycles. The molecule has 8 rings (SSSR count). The fourth-order valence-electron chi connectivity index (χ4n) is 5.94. The molecule has 20 nitrogen and oxygen atoms in total. The summed E-state index contributed by atoms with van der Waals surface area (Å²) < 4.78 is 73.4. The van der Waals surface area contributed by atoms with E-state index in [1.165, 1.54) is 21.8 Å². The molecule has 8 heterocycles. The summed E-state index contributed by atoms with van der Waals surface area (Å²) in [7, 11) is 0. The molecule has 0 saturated carbocycles. The van der Waals surface area contributed by atoms with Crippen LogP contribution in [0.3, 0.4) is 0 Å². The standard InChI is InChI=1S/C21H23FN10O10P2S2/c22-8-7-1-37-43(34,45)42-13-12-19(31-5-27-9-14(23)25-4-26-15(9)31)40-21(13,2-36-12)3-38-44(35,46)41-11(8)18(39-7)32-6-28-10-16(32)29-20(24)30-17(10)33/h4-8,11-13,18-19H,1-3H2,(H,34,45)(H,35,46)(H2,23,25,26)(H3,24,29,30,33)/t7-,8-,11-,12-,13+,18-,19-,21?,43?,44?/m1/s1. The lowest BCUT2D eigenvalue weighted by atomic mass is 10.0. The first kappa shape index (κ1) is 30.7. The molecular formula is C21H23FN10O10P2S2. The Morgan fingerprint density at radius 1 is 1.07 bits per heavy atom. The molecule has 246 valence electrons. The molecule has 4 aliphatic rings. The first-order valence-electron chi connectivity index (χ1n) is 13.4. The highest BCUT2D eigenvalue weighted by Crippen LogP contribution is 2.61. The van der Waals surface area contributed by atoms with Crippen LogP contribution in [0.15, 0.2) is 23.8 Å². The molecule has 10 atom stereocenters. The highest BCUT2D eigenvalue weighted by Gasteiger charge is 2.65. The predicted octanol–water partition coefficient (Wildman–Crippen LogP) is 0.0977. The van der Waals surface area contributed by atoms with Crippen LogP contribution in [0.1, 0.15) is 12.5 Å². The normalized spacial score (nSPS) is 39.7. The minimum absolute atomic E-state index is 0.0689. The van der Waals surface area contributed by atoms with Crippen LogP contribution < -0.4 is 17.0 Å². The maximum absolute atomic E-state index is 16.0. The van der Waals surface area contributed by atoms with E-state index in [1.807, 2.05) is 0 Å². The molecule has 6 N–H and O–H groups in total. The van der Waals surface area contributed by atoms with Gasteiger partial charge >= 0.3 is 13.5 Å². The summed E-state index contributed by atoms with van der Waals surface area (Å²) in [6.45, 7) is -9.92. The number of fused-ring (bicyclic) bond motifs is 4. The number of anilines is 2. The van der Waals surface area contributed by atoms with Crippen molar-refractivity contribution in [1.82, 2.24) is 39.0 Å². The van der Waals surface area contributed by atoms with Crippen molar-refractivity contribution in [2.24, 2.45) is 0 Å². The van der Waals surface area contributed by atoms with Crippen LogP contribution in [0, 0.1) is 0 Å². The molecule has 46 heavy (non-hydrogen) atoms. The molecule has 4 aliphatic heterocycles. The summed E-state index contributed by atoms with van der Waals surface area (Å²) in [6.07, 6.45) is -5.78. The Hall–Kier alpha value is -2.66. The van der Waals surface area contributed by atoms with Crippen molar-refractivity contribution in [3.8, 4) is 0 Å². The van der Waals surface area contributed by atoms with E-state index in [-0.39, 0.29) is 29.5 Å². The van der Waals surface area contributed by atoms with Gasteiger partial charge in [0.15, 0.2) is 41.3 Å². The van der Waals surface area contributed by atoms with Gasteiger partial charge in [-0.15, -0.1) is 0 Å². The van der Waals surface area contributed by atoms with Crippen molar-refractivity contribution in [2.45, 2.75) is 48.6 Å². The second-order valence-corrected chi connectivity index (χ2v) is 16.5. The lowest BCUT2D eigenvalue weighted by molar-refractivity contribution is -0.182. The number of hydrogen-bond donors (Lipinski definition) is 5. The molecule has 4 saturated heterocycles. The van der Waals surface area contributed by atoms with Crippen LogP contribution in [0.2, 0.25) is 0 Å². The zero-order valence-electron chi connectivity index (χ0n) is 22.9. The van der Waals surface area contributed by atoms with Gasteiger partial charge in [-0.1, -0.05) is 12.2 Å². The lowest BCUT2D eigenvalue weighted by Crippen LogP contribution is -2.45. The number of rotatable bonds is 2. The number of nitrogen functional groups attached to an aromatic ring is 2. The highest BCUT2D eigenvalue weighted by atomic mass is 32.7. The van der Waals surface area contributed by atoms with Gasteiger partial charge in [0.25, 0.3) is 5.56 Å². The van der Waals surface area contributed by atoms with E-state index in [9.17, 15) is 14.3 Å². The van der Waals surface area contributed by atoms with E-state index in [1.54, 1.807) is 0 Å². The summed E-state index contributed by atoms with van der Waals surface area (Å²) in [6, 6.07) is 0. The number of thiol groups is 1. The number of hydrogen-bond acceptors (Lipinski definition) is 17. The van der Waals surface area contributed by atoms with Crippen LogP contribution in [0.25, 0.3) is 22.3 Å². The van der Waals surface area contributed by atoms with Crippen molar-refractivity contribution in [3.05, 3.63) is 29.3 Å². The number of halogens is 1. The molecule has 4 aromatic rings. The molecule has 4 fully saturated rings. The van der Waals surface area contributed by atoms with E-state index < -0.39 is 80.9 Å². The monoisotopic (exact) mass is 720 g/mol. The lowest BCUT2D eigenvalue weighted by Gasteiger charge is -2.33. The molecule has 0 radical (unpaired) electrons. The highest BCUT2D eigenvalue weighted by molar-refractivity contribution is 8.44. The quantitative estimate of drug-likeness (QED) is 0.136. The first-order chi connectivity index (χ1) is 21.8. The summed E-state index contributed by atoms with van der Waals surface area (Å²) in [4.78, 5) is 46.3. The third kappa shape index (κ3) is 4.89. The third-order valence-corrected chi connectivity index (χ3v) is 11.1. The molecule has 25 heteroatoms. The average molecular weight is 721 g/mol. The summed E-state index contributed by atoms with van der Waals surface area (Å²) in [5, 5.41) is 0. The molecule has 0 amide bonds. The number of nitrogens with zero attached hydrogens (tertiary/aromatic N) is 7. The van der Waals surface area contributed by atoms with Crippen LogP contribution in [-0.2, 0) is 48.7 Å². The fourth-order valence-corrected chi connectivity index (χ4v) is 8.87. The maximum Gasteiger partial charge on any atom is 0.386 e. The van der Waals surface area contributed by atoms with E-state index in [0.29, 0.717) is 11.2 Å². The topological polar surface area (TPSA) is 261 Å². The molecular weight excluding hydrogens is 697 g/mol. The van der Waals surface area contributed by atoms with Crippen LogP contribution in [-0.4, -0.2) is 99.9 Å². The minimum atomic E-state index is -4.44.